The summed E-state index contributed by atoms with van der Waals surface area (Å²) in [6.07, 6.45) is -9.80. The highest BCUT2D eigenvalue weighted by Crippen LogP contribution is 2.33. The van der Waals surface area contributed by atoms with Gasteiger partial charge in [-0.15, -0.1) is 0 Å². The summed E-state index contributed by atoms with van der Waals surface area (Å²) >= 11 is 0. The molecule has 4 N–H and O–H groups in total. The van der Waals surface area contributed by atoms with Crippen molar-refractivity contribution >= 4 is 0 Å². The zero-order valence-electron chi connectivity index (χ0n) is 14.2. The maximum Gasteiger partial charge on any atom is 0.416 e. The first-order valence-electron chi connectivity index (χ1n) is 8.02. The van der Waals surface area contributed by atoms with E-state index in [4.69, 9.17) is 11.5 Å². The molecule has 2 rings (SSSR count). The summed E-state index contributed by atoms with van der Waals surface area (Å²) in [5.41, 5.74) is 8.78. The molecule has 0 radical (unpaired) electrons. The molecular weight excluding hydrogens is 396 g/mol. The lowest BCUT2D eigenvalue weighted by atomic mass is 9.87. The minimum atomic E-state index is -4.77. The Morgan fingerprint density at radius 2 is 1.43 bits per heavy atom. The van der Waals surface area contributed by atoms with Crippen molar-refractivity contribution in [3.05, 3.63) is 70.3 Å². The first kappa shape index (κ1) is 22.1. The van der Waals surface area contributed by atoms with Gasteiger partial charge < -0.3 is 11.5 Å². The third-order valence-electron chi connectivity index (χ3n) is 4.25. The summed E-state index contributed by atoms with van der Waals surface area (Å²) in [4.78, 5) is 0. The van der Waals surface area contributed by atoms with Gasteiger partial charge in [-0.25, -0.2) is 8.78 Å². The van der Waals surface area contributed by atoms with Gasteiger partial charge in [0.15, 0.2) is 0 Å². The van der Waals surface area contributed by atoms with Gasteiger partial charge in [-0.05, 0) is 47.9 Å². The summed E-state index contributed by atoms with van der Waals surface area (Å²) in [5, 5.41) is 0. The molecule has 0 amide bonds. The zero-order chi connectivity index (χ0) is 21.3. The Labute approximate surface area is 155 Å². The van der Waals surface area contributed by atoms with Gasteiger partial charge in [-0.2, -0.15) is 26.3 Å². The maximum absolute atomic E-state index is 14.2. The van der Waals surface area contributed by atoms with Gasteiger partial charge in [0.1, 0.15) is 11.6 Å². The second-order valence-electron chi connectivity index (χ2n) is 6.29. The number of benzene rings is 2. The van der Waals surface area contributed by atoms with Crippen molar-refractivity contribution in [3.63, 3.8) is 0 Å². The van der Waals surface area contributed by atoms with Gasteiger partial charge in [-0.1, -0.05) is 6.07 Å². The molecule has 2 nitrogen and oxygen atoms in total. The fraction of sp³-hybridized carbons (Fsp3) is 0.333. The van der Waals surface area contributed by atoms with Crippen LogP contribution >= 0.6 is 0 Å². The van der Waals surface area contributed by atoms with Crippen molar-refractivity contribution in [2.24, 2.45) is 11.5 Å². The highest BCUT2D eigenvalue weighted by atomic mass is 19.4. The largest absolute Gasteiger partial charge is 0.416 e. The number of nitrogens with two attached hydrogens (primary N) is 2. The molecule has 0 saturated carbocycles. The van der Waals surface area contributed by atoms with E-state index in [1.54, 1.807) is 0 Å². The van der Waals surface area contributed by atoms with Crippen LogP contribution in [0.3, 0.4) is 0 Å². The van der Waals surface area contributed by atoms with Crippen LogP contribution in [-0.4, -0.2) is 12.6 Å². The Morgan fingerprint density at radius 3 is 1.93 bits per heavy atom. The summed E-state index contributed by atoms with van der Waals surface area (Å²) in [6, 6.07) is 2.68. The van der Waals surface area contributed by atoms with Crippen LogP contribution in [0, 0.1) is 11.6 Å². The number of hydrogen-bond acceptors (Lipinski definition) is 2. The molecule has 154 valence electrons. The van der Waals surface area contributed by atoms with E-state index in [-0.39, 0.29) is 24.1 Å². The van der Waals surface area contributed by atoms with Crippen molar-refractivity contribution in [2.45, 2.75) is 30.7 Å². The van der Waals surface area contributed by atoms with Gasteiger partial charge >= 0.3 is 12.4 Å². The first-order valence-corrected chi connectivity index (χ1v) is 8.02. The molecule has 0 saturated heterocycles. The Balaban J connectivity index is 2.30. The zero-order valence-corrected chi connectivity index (χ0v) is 14.2. The average Bonchev–Trinajstić information content (AvgIpc) is 2.54. The lowest BCUT2D eigenvalue weighted by Crippen LogP contribution is -2.36. The predicted molar refractivity (Wildman–Crippen MR) is 86.3 cm³/mol. The van der Waals surface area contributed by atoms with Crippen LogP contribution in [0.2, 0.25) is 0 Å². The molecule has 0 aliphatic rings. The van der Waals surface area contributed by atoms with E-state index >= 15 is 0 Å². The van der Waals surface area contributed by atoms with E-state index in [9.17, 15) is 35.1 Å². The SMILES string of the molecule is NCC(c1ccc(C(F)(F)F)cc1F)C(N)Cc1cc(F)cc(C(F)(F)F)c1. The van der Waals surface area contributed by atoms with Gasteiger partial charge in [0.25, 0.3) is 0 Å². The van der Waals surface area contributed by atoms with E-state index in [2.05, 4.69) is 0 Å². The number of hydrogen-bond donors (Lipinski definition) is 2. The fourth-order valence-corrected chi connectivity index (χ4v) is 2.88. The van der Waals surface area contributed by atoms with E-state index in [1.165, 1.54) is 0 Å². The Morgan fingerprint density at radius 1 is 0.821 bits per heavy atom. The molecule has 2 aromatic carbocycles. The van der Waals surface area contributed by atoms with E-state index in [0.717, 1.165) is 12.1 Å². The fourth-order valence-electron chi connectivity index (χ4n) is 2.88. The Kier molecular flexibility index (Phi) is 6.34. The van der Waals surface area contributed by atoms with Gasteiger partial charge in [0, 0.05) is 18.5 Å². The molecule has 2 atom stereocenters. The minimum Gasteiger partial charge on any atom is -0.330 e. The molecule has 0 aliphatic carbocycles. The van der Waals surface area contributed by atoms with E-state index < -0.39 is 47.1 Å². The molecule has 10 heteroatoms. The molecule has 0 fully saturated rings. The monoisotopic (exact) mass is 412 g/mol. The smallest absolute Gasteiger partial charge is 0.330 e. The van der Waals surface area contributed by atoms with Crippen molar-refractivity contribution in [3.8, 4) is 0 Å². The Bertz CT molecular complexity index is 829. The molecule has 0 aliphatic heterocycles. The quantitative estimate of drug-likeness (QED) is 0.705. The minimum absolute atomic E-state index is 0.0920. The standard InChI is InChI=1S/C18H16F8N2/c19-12-4-9(3-11(6-12)18(24,25)26)5-16(28)14(8-27)13-2-1-10(7-15(13)20)17(21,22)23/h1-4,6-7,14,16H,5,8,27-28H2. The molecule has 28 heavy (non-hydrogen) atoms. The molecule has 2 aromatic rings. The van der Waals surface area contributed by atoms with E-state index in [1.807, 2.05) is 0 Å². The van der Waals surface area contributed by atoms with Gasteiger partial charge in [0.05, 0.1) is 11.1 Å². The second kappa shape index (κ2) is 8.04. The first-order chi connectivity index (χ1) is 12.8. The maximum atomic E-state index is 14.2. The predicted octanol–water partition coefficient (Wildman–Crippen LogP) is 4.61. The highest BCUT2D eigenvalue weighted by molar-refractivity contribution is 5.32. The lowest BCUT2D eigenvalue weighted by Gasteiger charge is -2.24. The normalized spacial score (nSPS) is 14.8. The molecule has 0 spiro atoms. The van der Waals surface area contributed by atoms with Gasteiger partial charge in [0.2, 0.25) is 0 Å². The molecular formula is C18H16F8N2. The van der Waals surface area contributed by atoms with Crippen LogP contribution in [0.1, 0.15) is 28.2 Å². The molecule has 0 aromatic heterocycles. The number of rotatable bonds is 5. The molecule has 0 heterocycles. The van der Waals surface area contributed by atoms with Crippen LogP contribution in [0.15, 0.2) is 36.4 Å². The average molecular weight is 412 g/mol. The number of halogens is 8. The van der Waals surface area contributed by atoms with Crippen LogP contribution in [0.25, 0.3) is 0 Å². The molecule has 2 unspecified atom stereocenters. The van der Waals surface area contributed by atoms with Crippen LogP contribution in [0.5, 0.6) is 0 Å². The number of alkyl halides is 6. The third-order valence-corrected chi connectivity index (χ3v) is 4.25. The van der Waals surface area contributed by atoms with Crippen LogP contribution in [-0.2, 0) is 18.8 Å². The van der Waals surface area contributed by atoms with E-state index in [0.29, 0.717) is 24.3 Å². The van der Waals surface area contributed by atoms with Crippen molar-refractivity contribution < 1.29 is 35.1 Å². The summed E-state index contributed by atoms with van der Waals surface area (Å²) in [5.74, 6) is -3.29. The second-order valence-corrected chi connectivity index (χ2v) is 6.29. The van der Waals surface area contributed by atoms with Gasteiger partial charge in [-0.3, -0.25) is 0 Å². The summed E-state index contributed by atoms with van der Waals surface area (Å²) in [7, 11) is 0. The summed E-state index contributed by atoms with van der Waals surface area (Å²) in [6.45, 7) is -0.273. The highest BCUT2D eigenvalue weighted by Gasteiger charge is 2.33. The van der Waals surface area contributed by atoms with Crippen molar-refractivity contribution in [1.29, 1.82) is 0 Å². The lowest BCUT2D eigenvalue weighted by molar-refractivity contribution is -0.138. The third kappa shape index (κ3) is 5.20. The molecule has 0 bridgehead atoms. The van der Waals surface area contributed by atoms with Crippen LogP contribution < -0.4 is 11.5 Å². The van der Waals surface area contributed by atoms with Crippen LogP contribution in [0.4, 0.5) is 35.1 Å². The Hall–Kier alpha value is -2.20. The topological polar surface area (TPSA) is 52.0 Å². The summed E-state index contributed by atoms with van der Waals surface area (Å²) < 4.78 is 104. The van der Waals surface area contributed by atoms with Crippen molar-refractivity contribution in [2.75, 3.05) is 6.54 Å². The van der Waals surface area contributed by atoms with Crippen molar-refractivity contribution in [1.82, 2.24) is 0 Å².